The Morgan fingerprint density at radius 1 is 0.969 bits per heavy atom. The number of carbonyl (C=O) groups excluding carboxylic acids is 2. The zero-order valence-corrected chi connectivity index (χ0v) is 19.2. The van der Waals surface area contributed by atoms with Crippen LogP contribution in [-0.4, -0.2) is 27.1 Å². The first-order valence-corrected chi connectivity index (χ1v) is 11.8. The summed E-state index contributed by atoms with van der Waals surface area (Å²) in [5.41, 5.74) is 1.87. The summed E-state index contributed by atoms with van der Waals surface area (Å²) < 4.78 is 1.69. The first-order valence-electron chi connectivity index (χ1n) is 10.8. The summed E-state index contributed by atoms with van der Waals surface area (Å²) in [7, 11) is 0. The van der Waals surface area contributed by atoms with E-state index in [1.54, 1.807) is 34.9 Å². The van der Waals surface area contributed by atoms with Gasteiger partial charge in [0.2, 0.25) is 11.8 Å². The normalized spacial score (nSPS) is 10.8. The highest BCUT2D eigenvalue weighted by atomic mass is 32.2. The fraction of sp³-hybridized carbons (Fsp3) is 0.333. The Bertz CT molecular complexity index is 1140. The number of unbranched alkanes of at least 4 members (excludes halogenated alkanes) is 3. The van der Waals surface area contributed by atoms with E-state index in [-0.39, 0.29) is 23.1 Å². The number of fused-ring (bicyclic) bond motifs is 1. The second-order valence-electron chi connectivity index (χ2n) is 7.52. The minimum Gasteiger partial charge on any atom is -0.326 e. The number of nitrogens with zero attached hydrogens (tertiary/aromatic N) is 2. The van der Waals surface area contributed by atoms with Crippen molar-refractivity contribution in [3.63, 3.8) is 0 Å². The monoisotopic (exact) mass is 452 g/mol. The van der Waals surface area contributed by atoms with Gasteiger partial charge >= 0.3 is 0 Å². The maximum Gasteiger partial charge on any atom is 0.262 e. The lowest BCUT2D eigenvalue weighted by Gasteiger charge is -2.13. The minimum atomic E-state index is -0.192. The lowest BCUT2D eigenvalue weighted by atomic mass is 10.2. The Hall–Kier alpha value is -3.13. The molecule has 0 radical (unpaired) electrons. The molecule has 3 rings (SSSR count). The topological polar surface area (TPSA) is 93.1 Å². The summed E-state index contributed by atoms with van der Waals surface area (Å²) in [5.74, 6) is -0.211. The van der Waals surface area contributed by atoms with Crippen LogP contribution in [0.2, 0.25) is 0 Å². The van der Waals surface area contributed by atoms with Crippen LogP contribution in [-0.2, 0) is 16.1 Å². The molecule has 8 heteroatoms. The van der Waals surface area contributed by atoms with Gasteiger partial charge < -0.3 is 10.6 Å². The molecular formula is C24H28N4O3S. The molecule has 2 aromatic carbocycles. The van der Waals surface area contributed by atoms with Crippen LogP contribution in [0.1, 0.15) is 39.5 Å². The maximum absolute atomic E-state index is 13.0. The van der Waals surface area contributed by atoms with Gasteiger partial charge in [-0.05, 0) is 42.8 Å². The molecular weight excluding hydrogens is 424 g/mol. The Kier molecular flexibility index (Phi) is 8.44. The van der Waals surface area contributed by atoms with Crippen LogP contribution < -0.4 is 16.2 Å². The molecule has 0 aliphatic heterocycles. The van der Waals surface area contributed by atoms with Crippen LogP contribution in [0.15, 0.2) is 58.5 Å². The van der Waals surface area contributed by atoms with Crippen molar-refractivity contribution < 1.29 is 9.59 Å². The van der Waals surface area contributed by atoms with Crippen LogP contribution in [0.3, 0.4) is 0 Å². The highest BCUT2D eigenvalue weighted by Gasteiger charge is 2.13. The highest BCUT2D eigenvalue weighted by Crippen LogP contribution is 2.20. The van der Waals surface area contributed by atoms with E-state index in [0.29, 0.717) is 34.0 Å². The van der Waals surface area contributed by atoms with E-state index in [4.69, 9.17) is 0 Å². The molecule has 0 unspecified atom stereocenters. The molecule has 0 aliphatic carbocycles. The molecule has 1 heterocycles. The minimum absolute atomic E-state index is 0.0661. The number of amides is 2. The third kappa shape index (κ3) is 6.43. The quantitative estimate of drug-likeness (QED) is 0.265. The number of rotatable bonds is 10. The third-order valence-corrected chi connectivity index (χ3v) is 5.86. The van der Waals surface area contributed by atoms with E-state index in [1.165, 1.54) is 18.7 Å². The highest BCUT2D eigenvalue weighted by molar-refractivity contribution is 7.99. The van der Waals surface area contributed by atoms with Crippen molar-refractivity contribution in [1.29, 1.82) is 0 Å². The third-order valence-electron chi connectivity index (χ3n) is 4.88. The largest absolute Gasteiger partial charge is 0.326 e. The predicted octanol–water partition coefficient (Wildman–Crippen LogP) is 4.67. The van der Waals surface area contributed by atoms with Gasteiger partial charge in [0.25, 0.3) is 5.56 Å². The first kappa shape index (κ1) is 23.5. The van der Waals surface area contributed by atoms with Gasteiger partial charge in [-0.2, -0.15) is 0 Å². The zero-order valence-electron chi connectivity index (χ0n) is 18.4. The Morgan fingerprint density at radius 2 is 1.66 bits per heavy atom. The van der Waals surface area contributed by atoms with Gasteiger partial charge in [-0.25, -0.2) is 4.98 Å². The second-order valence-corrected chi connectivity index (χ2v) is 8.47. The molecule has 0 aliphatic rings. The Balaban J connectivity index is 1.70. The van der Waals surface area contributed by atoms with Crippen molar-refractivity contribution in [3.8, 4) is 0 Å². The average Bonchev–Trinajstić information content (AvgIpc) is 2.77. The molecule has 32 heavy (non-hydrogen) atoms. The van der Waals surface area contributed by atoms with Crippen LogP contribution in [0.4, 0.5) is 11.4 Å². The molecule has 0 saturated heterocycles. The van der Waals surface area contributed by atoms with Crippen molar-refractivity contribution in [3.05, 3.63) is 58.9 Å². The zero-order chi connectivity index (χ0) is 22.9. The molecule has 0 saturated carbocycles. The molecule has 168 valence electrons. The van der Waals surface area contributed by atoms with Gasteiger partial charge in [0.05, 0.1) is 16.7 Å². The summed E-state index contributed by atoms with van der Waals surface area (Å²) >= 11 is 1.26. The fourth-order valence-electron chi connectivity index (χ4n) is 3.32. The van der Waals surface area contributed by atoms with Crippen LogP contribution >= 0.6 is 11.8 Å². The van der Waals surface area contributed by atoms with Crippen molar-refractivity contribution in [2.24, 2.45) is 0 Å². The van der Waals surface area contributed by atoms with Crippen molar-refractivity contribution >= 4 is 45.9 Å². The lowest BCUT2D eigenvalue weighted by Crippen LogP contribution is -2.24. The van der Waals surface area contributed by atoms with Crippen molar-refractivity contribution in [1.82, 2.24) is 9.55 Å². The van der Waals surface area contributed by atoms with E-state index in [2.05, 4.69) is 22.5 Å². The van der Waals surface area contributed by atoms with E-state index in [1.807, 2.05) is 18.2 Å². The van der Waals surface area contributed by atoms with E-state index in [9.17, 15) is 14.4 Å². The molecule has 1 aromatic heterocycles. The van der Waals surface area contributed by atoms with E-state index < -0.39 is 0 Å². The standard InChI is InChI=1S/C24H28N4O3S/c1-3-4-5-8-15-28-23(31)20-9-6-7-10-21(20)27-24(28)32-16-22(30)26-19-13-11-18(12-14-19)25-17(2)29/h6-7,9-14H,3-5,8,15-16H2,1-2H3,(H,25,29)(H,26,30). The van der Waals surface area contributed by atoms with Gasteiger partial charge in [0.15, 0.2) is 5.16 Å². The Labute approximate surface area is 191 Å². The van der Waals surface area contributed by atoms with E-state index >= 15 is 0 Å². The van der Waals surface area contributed by atoms with Crippen LogP contribution in [0.25, 0.3) is 10.9 Å². The Morgan fingerprint density at radius 3 is 2.34 bits per heavy atom. The number of thioether (sulfide) groups is 1. The van der Waals surface area contributed by atoms with Gasteiger partial charge in [-0.3, -0.25) is 19.0 Å². The van der Waals surface area contributed by atoms with E-state index in [0.717, 1.165) is 25.7 Å². The number of aromatic nitrogens is 2. The van der Waals surface area contributed by atoms with Crippen LogP contribution in [0, 0.1) is 0 Å². The number of benzene rings is 2. The van der Waals surface area contributed by atoms with Crippen molar-refractivity contribution in [2.75, 3.05) is 16.4 Å². The van der Waals surface area contributed by atoms with Gasteiger partial charge in [0.1, 0.15) is 0 Å². The number of para-hydroxylation sites is 1. The number of hydrogen-bond donors (Lipinski definition) is 2. The molecule has 0 atom stereocenters. The van der Waals surface area contributed by atoms with Gasteiger partial charge in [0, 0.05) is 24.8 Å². The lowest BCUT2D eigenvalue weighted by molar-refractivity contribution is -0.114. The summed E-state index contributed by atoms with van der Waals surface area (Å²) in [6, 6.07) is 14.2. The molecule has 0 fully saturated rings. The smallest absolute Gasteiger partial charge is 0.262 e. The first-order chi connectivity index (χ1) is 15.5. The number of nitrogens with one attached hydrogen (secondary N) is 2. The average molecular weight is 453 g/mol. The van der Waals surface area contributed by atoms with Crippen LogP contribution in [0.5, 0.6) is 0 Å². The molecule has 2 N–H and O–H groups in total. The molecule has 3 aromatic rings. The molecule has 0 spiro atoms. The molecule has 0 bridgehead atoms. The fourth-order valence-corrected chi connectivity index (χ4v) is 4.14. The maximum atomic E-state index is 13.0. The van der Waals surface area contributed by atoms with Crippen molar-refractivity contribution in [2.45, 2.75) is 51.2 Å². The number of carbonyl (C=O) groups is 2. The van der Waals surface area contributed by atoms with Gasteiger partial charge in [-0.1, -0.05) is 50.1 Å². The van der Waals surface area contributed by atoms with Gasteiger partial charge in [-0.15, -0.1) is 0 Å². The summed E-state index contributed by atoms with van der Waals surface area (Å²) in [4.78, 5) is 41.3. The number of hydrogen-bond acceptors (Lipinski definition) is 5. The number of anilines is 2. The summed E-state index contributed by atoms with van der Waals surface area (Å²) in [6.45, 7) is 4.18. The summed E-state index contributed by atoms with van der Waals surface area (Å²) in [6.07, 6.45) is 4.20. The predicted molar refractivity (Wildman–Crippen MR) is 130 cm³/mol. The second kappa shape index (κ2) is 11.5. The SMILES string of the molecule is CCCCCCn1c(SCC(=O)Nc2ccc(NC(C)=O)cc2)nc2ccccc2c1=O. The summed E-state index contributed by atoms with van der Waals surface area (Å²) in [5, 5.41) is 6.67. The molecule has 7 nitrogen and oxygen atoms in total. The molecule has 2 amide bonds.